The molecule has 0 bridgehead atoms. The van der Waals surface area contributed by atoms with Crippen molar-refractivity contribution in [1.29, 1.82) is 0 Å². The van der Waals surface area contributed by atoms with E-state index in [1.54, 1.807) is 24.3 Å². The average Bonchev–Trinajstić information content (AvgIpc) is 2.65. The lowest BCUT2D eigenvalue weighted by atomic mass is 10.0. The van der Waals surface area contributed by atoms with Gasteiger partial charge in [-0.15, -0.1) is 0 Å². The zero-order chi connectivity index (χ0) is 18.4. The Kier molecular flexibility index (Phi) is 6.30. The average molecular weight is 360 g/mol. The molecule has 138 valence electrons. The maximum atomic E-state index is 13.7. The topological polar surface area (TPSA) is 41.6 Å². The standard InChI is InChI=1S/C20H22F2N2O2/c21-17-6-4-15(5-7-17)8-9-23-20(25)19(24-10-12-26-13-11-24)16-2-1-3-18(22)14-16/h1-7,14,19H,8-13H2,(H,23,25). The summed E-state index contributed by atoms with van der Waals surface area (Å²) in [6.45, 7) is 2.77. The molecular weight excluding hydrogens is 338 g/mol. The molecule has 3 rings (SSSR count). The van der Waals surface area contributed by atoms with Gasteiger partial charge >= 0.3 is 0 Å². The van der Waals surface area contributed by atoms with E-state index in [1.807, 2.05) is 4.90 Å². The fourth-order valence-electron chi connectivity index (χ4n) is 3.12. The summed E-state index contributed by atoms with van der Waals surface area (Å²) in [4.78, 5) is 14.8. The molecule has 1 heterocycles. The molecule has 4 nitrogen and oxygen atoms in total. The Bertz CT molecular complexity index is 731. The molecule has 1 fully saturated rings. The van der Waals surface area contributed by atoms with E-state index in [1.165, 1.54) is 24.3 Å². The largest absolute Gasteiger partial charge is 0.379 e. The number of amides is 1. The summed E-state index contributed by atoms with van der Waals surface area (Å²) in [6, 6.07) is 11.8. The van der Waals surface area contributed by atoms with Gasteiger partial charge in [0.05, 0.1) is 13.2 Å². The number of halogens is 2. The van der Waals surface area contributed by atoms with E-state index in [0.717, 1.165) is 5.56 Å². The number of benzene rings is 2. The van der Waals surface area contributed by atoms with E-state index in [4.69, 9.17) is 4.74 Å². The minimum Gasteiger partial charge on any atom is -0.379 e. The predicted molar refractivity (Wildman–Crippen MR) is 94.6 cm³/mol. The Labute approximate surface area is 151 Å². The van der Waals surface area contributed by atoms with Crippen molar-refractivity contribution in [2.45, 2.75) is 12.5 Å². The lowest BCUT2D eigenvalue weighted by molar-refractivity contribution is -0.128. The van der Waals surface area contributed by atoms with Crippen LogP contribution in [0, 0.1) is 11.6 Å². The normalized spacial score (nSPS) is 16.2. The second kappa shape index (κ2) is 8.87. The van der Waals surface area contributed by atoms with Crippen molar-refractivity contribution in [3.8, 4) is 0 Å². The number of carbonyl (C=O) groups excluding carboxylic acids is 1. The van der Waals surface area contributed by atoms with Crippen molar-refractivity contribution in [2.75, 3.05) is 32.8 Å². The van der Waals surface area contributed by atoms with Crippen molar-refractivity contribution in [2.24, 2.45) is 0 Å². The Hall–Kier alpha value is -2.31. The Morgan fingerprint density at radius 3 is 2.50 bits per heavy atom. The molecule has 1 saturated heterocycles. The fourth-order valence-corrected chi connectivity index (χ4v) is 3.12. The van der Waals surface area contributed by atoms with Gasteiger partial charge in [0.2, 0.25) is 5.91 Å². The first-order valence-electron chi connectivity index (χ1n) is 8.73. The molecular formula is C20H22F2N2O2. The van der Waals surface area contributed by atoms with Crippen LogP contribution in [0.25, 0.3) is 0 Å². The molecule has 1 atom stereocenters. The molecule has 6 heteroatoms. The van der Waals surface area contributed by atoms with E-state index in [2.05, 4.69) is 5.32 Å². The van der Waals surface area contributed by atoms with Crippen LogP contribution in [0.5, 0.6) is 0 Å². The summed E-state index contributed by atoms with van der Waals surface area (Å²) in [5, 5.41) is 2.92. The number of morpholine rings is 1. The second-order valence-corrected chi connectivity index (χ2v) is 6.27. The first kappa shape index (κ1) is 18.5. The number of nitrogens with zero attached hydrogens (tertiary/aromatic N) is 1. The van der Waals surface area contributed by atoms with E-state index >= 15 is 0 Å². The van der Waals surface area contributed by atoms with Crippen molar-refractivity contribution in [1.82, 2.24) is 10.2 Å². The van der Waals surface area contributed by atoms with Gasteiger partial charge < -0.3 is 10.1 Å². The minimum atomic E-state index is -0.553. The molecule has 0 saturated carbocycles. The molecule has 1 unspecified atom stereocenters. The maximum Gasteiger partial charge on any atom is 0.241 e. The molecule has 2 aromatic rings. The van der Waals surface area contributed by atoms with E-state index in [-0.39, 0.29) is 17.5 Å². The number of nitrogens with one attached hydrogen (secondary N) is 1. The van der Waals surface area contributed by atoms with Crippen LogP contribution < -0.4 is 5.32 Å². The van der Waals surface area contributed by atoms with Gasteiger partial charge in [0.1, 0.15) is 17.7 Å². The predicted octanol–water partition coefficient (Wildman–Crippen LogP) is 2.70. The number of hydrogen-bond acceptors (Lipinski definition) is 3. The third-order valence-electron chi connectivity index (χ3n) is 4.45. The van der Waals surface area contributed by atoms with Crippen LogP contribution in [-0.4, -0.2) is 43.7 Å². The van der Waals surface area contributed by atoms with Gasteiger partial charge in [-0.3, -0.25) is 9.69 Å². The lowest BCUT2D eigenvalue weighted by Crippen LogP contribution is -2.46. The molecule has 1 N–H and O–H groups in total. The van der Waals surface area contributed by atoms with Crippen LogP contribution in [0.15, 0.2) is 48.5 Å². The van der Waals surface area contributed by atoms with E-state index in [9.17, 15) is 13.6 Å². The highest BCUT2D eigenvalue weighted by Gasteiger charge is 2.29. The monoisotopic (exact) mass is 360 g/mol. The van der Waals surface area contributed by atoms with E-state index < -0.39 is 6.04 Å². The number of ether oxygens (including phenoxy) is 1. The van der Waals surface area contributed by atoms with E-state index in [0.29, 0.717) is 44.8 Å². The summed E-state index contributed by atoms with van der Waals surface area (Å²) < 4.78 is 32.0. The summed E-state index contributed by atoms with van der Waals surface area (Å²) in [6.07, 6.45) is 0.602. The molecule has 2 aromatic carbocycles. The van der Waals surface area contributed by atoms with Gasteiger partial charge in [-0.2, -0.15) is 0 Å². The van der Waals surface area contributed by atoms with Gasteiger partial charge in [0, 0.05) is 19.6 Å². The van der Waals surface area contributed by atoms with Crippen molar-refractivity contribution >= 4 is 5.91 Å². The van der Waals surface area contributed by atoms with Crippen LogP contribution in [-0.2, 0) is 16.0 Å². The summed E-state index contributed by atoms with van der Waals surface area (Å²) in [7, 11) is 0. The maximum absolute atomic E-state index is 13.7. The highest BCUT2D eigenvalue weighted by atomic mass is 19.1. The lowest BCUT2D eigenvalue weighted by Gasteiger charge is -2.33. The number of hydrogen-bond donors (Lipinski definition) is 1. The van der Waals surface area contributed by atoms with Crippen LogP contribution >= 0.6 is 0 Å². The molecule has 0 aromatic heterocycles. The van der Waals surface area contributed by atoms with Crippen molar-refractivity contribution in [3.05, 3.63) is 71.3 Å². The van der Waals surface area contributed by atoms with Gasteiger partial charge in [-0.05, 0) is 41.8 Å². The van der Waals surface area contributed by atoms with Gasteiger partial charge in [-0.25, -0.2) is 8.78 Å². The minimum absolute atomic E-state index is 0.167. The van der Waals surface area contributed by atoms with Crippen LogP contribution in [0.1, 0.15) is 17.2 Å². The first-order valence-corrected chi connectivity index (χ1v) is 8.73. The number of rotatable bonds is 6. The molecule has 0 radical (unpaired) electrons. The second-order valence-electron chi connectivity index (χ2n) is 6.27. The molecule has 0 spiro atoms. The molecule has 1 aliphatic rings. The van der Waals surface area contributed by atoms with Gasteiger partial charge in [0.25, 0.3) is 0 Å². The zero-order valence-electron chi connectivity index (χ0n) is 14.5. The SMILES string of the molecule is O=C(NCCc1ccc(F)cc1)C(c1cccc(F)c1)N1CCOCC1. The quantitative estimate of drug-likeness (QED) is 0.861. The smallest absolute Gasteiger partial charge is 0.241 e. The van der Waals surface area contributed by atoms with Crippen LogP contribution in [0.3, 0.4) is 0 Å². The summed E-state index contributed by atoms with van der Waals surface area (Å²) >= 11 is 0. The van der Waals surface area contributed by atoms with Crippen LogP contribution in [0.4, 0.5) is 8.78 Å². The van der Waals surface area contributed by atoms with Crippen molar-refractivity contribution < 1.29 is 18.3 Å². The Morgan fingerprint density at radius 1 is 1.08 bits per heavy atom. The molecule has 26 heavy (non-hydrogen) atoms. The highest BCUT2D eigenvalue weighted by Crippen LogP contribution is 2.23. The first-order chi connectivity index (χ1) is 12.6. The summed E-state index contributed by atoms with van der Waals surface area (Å²) in [5.41, 5.74) is 1.58. The van der Waals surface area contributed by atoms with Crippen LogP contribution in [0.2, 0.25) is 0 Å². The molecule has 1 aliphatic heterocycles. The fraction of sp³-hybridized carbons (Fsp3) is 0.350. The Balaban J connectivity index is 1.67. The van der Waals surface area contributed by atoms with Gasteiger partial charge in [0.15, 0.2) is 0 Å². The molecule has 0 aliphatic carbocycles. The third-order valence-corrected chi connectivity index (χ3v) is 4.45. The molecule has 1 amide bonds. The number of carbonyl (C=O) groups is 1. The zero-order valence-corrected chi connectivity index (χ0v) is 14.5. The van der Waals surface area contributed by atoms with Crippen molar-refractivity contribution in [3.63, 3.8) is 0 Å². The van der Waals surface area contributed by atoms with Gasteiger partial charge in [-0.1, -0.05) is 24.3 Å². The third kappa shape index (κ3) is 4.86. The Morgan fingerprint density at radius 2 is 1.81 bits per heavy atom. The highest BCUT2D eigenvalue weighted by molar-refractivity contribution is 5.83. The summed E-state index contributed by atoms with van der Waals surface area (Å²) in [5.74, 6) is -0.809.